The number of aryl methyl sites for hydroxylation is 1. The number of hydrogen-bond acceptors (Lipinski definition) is 1. The maximum Gasteiger partial charge on any atom is 0.221 e. The Morgan fingerprint density at radius 2 is 2.25 bits per heavy atom. The van der Waals surface area contributed by atoms with Crippen LogP contribution in [0.15, 0.2) is 30.5 Å². The molecular weight excluding hydrogens is 224 g/mol. The molecule has 16 heavy (non-hydrogen) atoms. The first kappa shape index (κ1) is 11.0. The van der Waals surface area contributed by atoms with Crippen LogP contribution in [0.2, 0.25) is 5.02 Å². The standard InChI is InChI=1S/C12H13ClN2O/c1-14-12(16)5-7-15-6-4-9-8-10(13)2-3-11(9)15/h2-4,6,8H,5,7H2,1H3,(H,14,16). The van der Waals surface area contributed by atoms with E-state index in [9.17, 15) is 4.79 Å². The van der Waals surface area contributed by atoms with Crippen LogP contribution < -0.4 is 5.32 Å². The first-order valence-corrected chi connectivity index (χ1v) is 5.53. The zero-order valence-corrected chi connectivity index (χ0v) is 9.79. The Bertz CT molecular complexity index is 519. The Hall–Kier alpha value is -1.48. The lowest BCUT2D eigenvalue weighted by atomic mass is 10.2. The van der Waals surface area contributed by atoms with Crippen molar-refractivity contribution >= 4 is 28.4 Å². The average molecular weight is 237 g/mol. The number of aromatic nitrogens is 1. The van der Waals surface area contributed by atoms with Crippen molar-refractivity contribution in [3.63, 3.8) is 0 Å². The number of halogens is 1. The molecule has 0 radical (unpaired) electrons. The van der Waals surface area contributed by atoms with Crippen molar-refractivity contribution in [2.75, 3.05) is 7.05 Å². The summed E-state index contributed by atoms with van der Waals surface area (Å²) in [6, 6.07) is 7.76. The molecule has 0 saturated heterocycles. The monoisotopic (exact) mass is 236 g/mol. The van der Waals surface area contributed by atoms with Gasteiger partial charge in [-0.05, 0) is 24.3 Å². The third-order valence-corrected chi connectivity index (χ3v) is 2.83. The summed E-state index contributed by atoms with van der Waals surface area (Å²) < 4.78 is 2.06. The predicted molar refractivity (Wildman–Crippen MR) is 65.6 cm³/mol. The summed E-state index contributed by atoms with van der Waals surface area (Å²) in [7, 11) is 1.65. The van der Waals surface area contributed by atoms with Crippen LogP contribution in [0, 0.1) is 0 Å². The van der Waals surface area contributed by atoms with Gasteiger partial charge in [-0.1, -0.05) is 11.6 Å². The molecule has 1 aromatic heterocycles. The lowest BCUT2D eigenvalue weighted by molar-refractivity contribution is -0.120. The number of amides is 1. The van der Waals surface area contributed by atoms with Crippen LogP contribution in [0.3, 0.4) is 0 Å². The minimum atomic E-state index is 0.0517. The molecule has 1 heterocycles. The van der Waals surface area contributed by atoms with Gasteiger partial charge in [-0.3, -0.25) is 4.79 Å². The molecule has 0 aliphatic rings. The summed E-state index contributed by atoms with van der Waals surface area (Å²) in [5.74, 6) is 0.0517. The van der Waals surface area contributed by atoms with Crippen molar-refractivity contribution in [1.29, 1.82) is 0 Å². The van der Waals surface area contributed by atoms with Gasteiger partial charge >= 0.3 is 0 Å². The zero-order valence-electron chi connectivity index (χ0n) is 9.03. The van der Waals surface area contributed by atoms with Gasteiger partial charge in [-0.15, -0.1) is 0 Å². The van der Waals surface area contributed by atoms with Gasteiger partial charge in [-0.2, -0.15) is 0 Å². The van der Waals surface area contributed by atoms with Crippen molar-refractivity contribution < 1.29 is 4.79 Å². The molecular formula is C12H13ClN2O. The van der Waals surface area contributed by atoms with Gasteiger partial charge in [0.2, 0.25) is 5.91 Å². The molecule has 3 nitrogen and oxygen atoms in total. The fourth-order valence-electron chi connectivity index (χ4n) is 1.71. The number of hydrogen-bond donors (Lipinski definition) is 1. The number of nitrogens with one attached hydrogen (secondary N) is 1. The summed E-state index contributed by atoms with van der Waals surface area (Å²) >= 11 is 5.90. The molecule has 0 aliphatic heterocycles. The highest BCUT2D eigenvalue weighted by molar-refractivity contribution is 6.31. The quantitative estimate of drug-likeness (QED) is 0.873. The second-order valence-corrected chi connectivity index (χ2v) is 4.07. The highest BCUT2D eigenvalue weighted by Crippen LogP contribution is 2.20. The van der Waals surface area contributed by atoms with E-state index in [1.807, 2.05) is 30.5 Å². The maximum atomic E-state index is 11.2. The van der Waals surface area contributed by atoms with Crippen molar-refractivity contribution in [3.8, 4) is 0 Å². The third-order valence-electron chi connectivity index (χ3n) is 2.59. The van der Waals surface area contributed by atoms with E-state index >= 15 is 0 Å². The number of nitrogens with zero attached hydrogens (tertiary/aromatic N) is 1. The van der Waals surface area contributed by atoms with Gasteiger partial charge in [0.25, 0.3) is 0 Å². The molecule has 0 unspecified atom stereocenters. The largest absolute Gasteiger partial charge is 0.359 e. The molecule has 0 saturated carbocycles. The van der Waals surface area contributed by atoms with E-state index in [2.05, 4.69) is 9.88 Å². The van der Waals surface area contributed by atoms with E-state index in [0.29, 0.717) is 13.0 Å². The molecule has 1 amide bonds. The molecule has 84 valence electrons. The van der Waals surface area contributed by atoms with E-state index in [1.165, 1.54) is 0 Å². The van der Waals surface area contributed by atoms with E-state index in [4.69, 9.17) is 11.6 Å². The minimum absolute atomic E-state index is 0.0517. The van der Waals surface area contributed by atoms with Crippen LogP contribution in [0.25, 0.3) is 10.9 Å². The van der Waals surface area contributed by atoms with Crippen LogP contribution in [0.4, 0.5) is 0 Å². The Kier molecular flexibility index (Phi) is 3.15. The first-order chi connectivity index (χ1) is 7.70. The van der Waals surface area contributed by atoms with Gasteiger partial charge in [0.1, 0.15) is 0 Å². The summed E-state index contributed by atoms with van der Waals surface area (Å²) in [5, 5.41) is 4.45. The summed E-state index contributed by atoms with van der Waals surface area (Å²) in [6.07, 6.45) is 2.47. The van der Waals surface area contributed by atoms with Gasteiger partial charge in [-0.25, -0.2) is 0 Å². The molecule has 1 aromatic carbocycles. The lowest BCUT2D eigenvalue weighted by Gasteiger charge is -2.04. The maximum absolute atomic E-state index is 11.2. The third kappa shape index (κ3) is 2.19. The number of carbonyl (C=O) groups is 1. The molecule has 0 fully saturated rings. The smallest absolute Gasteiger partial charge is 0.221 e. The number of benzene rings is 1. The minimum Gasteiger partial charge on any atom is -0.359 e. The molecule has 0 aliphatic carbocycles. The molecule has 1 N–H and O–H groups in total. The second kappa shape index (κ2) is 4.58. The van der Waals surface area contributed by atoms with Crippen LogP contribution in [0.5, 0.6) is 0 Å². The summed E-state index contributed by atoms with van der Waals surface area (Å²) in [5.41, 5.74) is 1.10. The average Bonchev–Trinajstić information content (AvgIpc) is 2.68. The predicted octanol–water partition coefficient (Wildman–Crippen LogP) is 2.43. The fraction of sp³-hybridized carbons (Fsp3) is 0.250. The molecule has 2 aromatic rings. The Balaban J connectivity index is 2.22. The lowest BCUT2D eigenvalue weighted by Crippen LogP contribution is -2.19. The first-order valence-electron chi connectivity index (χ1n) is 5.15. The summed E-state index contributed by atoms with van der Waals surface area (Å²) in [4.78, 5) is 11.2. The second-order valence-electron chi connectivity index (χ2n) is 3.64. The van der Waals surface area contributed by atoms with Gasteiger partial charge in [0, 0.05) is 42.1 Å². The van der Waals surface area contributed by atoms with E-state index in [1.54, 1.807) is 7.05 Å². The molecule has 0 bridgehead atoms. The zero-order chi connectivity index (χ0) is 11.5. The topological polar surface area (TPSA) is 34.0 Å². The van der Waals surface area contributed by atoms with E-state index < -0.39 is 0 Å². The highest BCUT2D eigenvalue weighted by Gasteiger charge is 2.03. The number of carbonyl (C=O) groups excluding carboxylic acids is 1. The SMILES string of the molecule is CNC(=O)CCn1ccc2cc(Cl)ccc21. The molecule has 4 heteroatoms. The normalized spacial score (nSPS) is 10.6. The fourth-order valence-corrected chi connectivity index (χ4v) is 1.89. The van der Waals surface area contributed by atoms with Gasteiger partial charge in [0.15, 0.2) is 0 Å². The Labute approximate surface area is 99.0 Å². The van der Waals surface area contributed by atoms with Crippen molar-refractivity contribution in [2.24, 2.45) is 0 Å². The molecule has 0 spiro atoms. The van der Waals surface area contributed by atoms with Crippen LogP contribution in [0.1, 0.15) is 6.42 Å². The summed E-state index contributed by atoms with van der Waals surface area (Å²) in [6.45, 7) is 0.685. The van der Waals surface area contributed by atoms with E-state index in [0.717, 1.165) is 15.9 Å². The Morgan fingerprint density at radius 3 is 3.00 bits per heavy atom. The molecule has 0 atom stereocenters. The number of fused-ring (bicyclic) bond motifs is 1. The van der Waals surface area contributed by atoms with Gasteiger partial charge in [0.05, 0.1) is 0 Å². The van der Waals surface area contributed by atoms with Crippen molar-refractivity contribution in [3.05, 3.63) is 35.5 Å². The van der Waals surface area contributed by atoms with E-state index in [-0.39, 0.29) is 5.91 Å². The van der Waals surface area contributed by atoms with Crippen LogP contribution in [-0.2, 0) is 11.3 Å². The van der Waals surface area contributed by atoms with Crippen molar-refractivity contribution in [2.45, 2.75) is 13.0 Å². The molecule has 2 rings (SSSR count). The highest BCUT2D eigenvalue weighted by atomic mass is 35.5. The van der Waals surface area contributed by atoms with Crippen LogP contribution in [-0.4, -0.2) is 17.5 Å². The van der Waals surface area contributed by atoms with Crippen molar-refractivity contribution in [1.82, 2.24) is 9.88 Å². The Morgan fingerprint density at radius 1 is 1.44 bits per heavy atom. The van der Waals surface area contributed by atoms with Gasteiger partial charge < -0.3 is 9.88 Å². The number of rotatable bonds is 3. The van der Waals surface area contributed by atoms with Crippen LogP contribution >= 0.6 is 11.6 Å².